The molecule has 3 amide bonds. The Morgan fingerprint density at radius 1 is 0.981 bits per heavy atom. The first-order valence-electron chi connectivity index (χ1n) is 19.3. The fourth-order valence-electron chi connectivity index (χ4n) is 8.79. The van der Waals surface area contributed by atoms with Gasteiger partial charge in [0.25, 0.3) is 5.91 Å². The molecule has 4 heterocycles. The number of fused-ring (bicyclic) bond motifs is 1. The number of aromatic nitrogens is 1. The third kappa shape index (κ3) is 9.08. The molecule has 54 heavy (non-hydrogen) atoms. The molecule has 3 saturated heterocycles. The number of aryl methyl sites for hydroxylation is 2. The van der Waals surface area contributed by atoms with Gasteiger partial charge < -0.3 is 34.3 Å². The molecule has 14 nitrogen and oxygen atoms in total. The number of carboxylic acids is 1. The van der Waals surface area contributed by atoms with E-state index in [1.54, 1.807) is 18.0 Å². The molecule has 0 unspecified atom stereocenters. The largest absolute Gasteiger partial charge is 0.480 e. The van der Waals surface area contributed by atoms with Gasteiger partial charge in [-0.15, -0.1) is 0 Å². The Morgan fingerprint density at radius 3 is 2.28 bits per heavy atom. The molecule has 3 aliphatic rings. The van der Waals surface area contributed by atoms with Crippen LogP contribution >= 0.6 is 0 Å². The highest BCUT2D eigenvalue weighted by Gasteiger charge is 2.36. The monoisotopic (exact) mass is 746 g/mol. The molecule has 0 saturated carbocycles. The maximum Gasteiger partial charge on any atom is 0.419 e. The lowest BCUT2D eigenvalue weighted by Crippen LogP contribution is -2.50. The van der Waals surface area contributed by atoms with E-state index in [4.69, 9.17) is 14.3 Å². The number of ether oxygens (including phenoxy) is 1. The van der Waals surface area contributed by atoms with Crippen LogP contribution in [-0.2, 0) is 39.0 Å². The molecule has 3 fully saturated rings. The van der Waals surface area contributed by atoms with Gasteiger partial charge in [0, 0.05) is 65.0 Å². The standard InChI is InChI=1S/C40H54N6O8/c1-27-22-28(23-34-37(27)42(3)39(51)53-34)24-35(38(50)44-17-10-30(11-18-44)29-8-15-43(16-9-29)25-36(48)49)54-40(52)45-20-13-32(14-21-45)46(26-47)19-12-31-6-4-5-7-33(31)41-2/h4-7,22-23,26,29-30,32,35,41H,8-21,24-25H2,1-3H3,(H,48,49)/t35-/m1/s1. The summed E-state index contributed by atoms with van der Waals surface area (Å²) in [6, 6.07) is 11.7. The molecule has 1 aromatic heterocycles. The van der Waals surface area contributed by atoms with Crippen molar-refractivity contribution in [3.05, 3.63) is 63.6 Å². The number of nitrogens with one attached hydrogen (secondary N) is 1. The number of likely N-dealkylation sites (tertiary alicyclic amines) is 3. The summed E-state index contributed by atoms with van der Waals surface area (Å²) in [7, 11) is 3.53. The molecular weight excluding hydrogens is 692 g/mol. The van der Waals surface area contributed by atoms with Gasteiger partial charge >= 0.3 is 17.8 Å². The normalized spacial score (nSPS) is 18.4. The first-order valence-corrected chi connectivity index (χ1v) is 19.3. The Morgan fingerprint density at radius 2 is 1.63 bits per heavy atom. The summed E-state index contributed by atoms with van der Waals surface area (Å²) in [5.74, 6) is -0.559. The predicted molar refractivity (Wildman–Crippen MR) is 203 cm³/mol. The number of hydrogen-bond donors (Lipinski definition) is 2. The summed E-state index contributed by atoms with van der Waals surface area (Å²) < 4.78 is 13.0. The molecule has 0 radical (unpaired) electrons. The van der Waals surface area contributed by atoms with E-state index in [1.165, 1.54) is 4.57 Å². The molecule has 14 heteroatoms. The first-order chi connectivity index (χ1) is 26.0. The molecule has 1 atom stereocenters. The Bertz CT molecular complexity index is 1850. The molecule has 3 aliphatic heterocycles. The van der Waals surface area contributed by atoms with Crippen molar-refractivity contribution in [2.75, 3.05) is 64.7 Å². The lowest BCUT2D eigenvalue weighted by molar-refractivity contribution is -0.142. The van der Waals surface area contributed by atoms with E-state index in [0.29, 0.717) is 74.9 Å². The van der Waals surface area contributed by atoms with Crippen molar-refractivity contribution >= 4 is 41.2 Å². The van der Waals surface area contributed by atoms with Crippen LogP contribution in [0, 0.1) is 18.8 Å². The maximum atomic E-state index is 14.2. The number of anilines is 1. The smallest absolute Gasteiger partial charge is 0.419 e. The van der Waals surface area contributed by atoms with Crippen LogP contribution in [0.3, 0.4) is 0 Å². The van der Waals surface area contributed by atoms with Crippen LogP contribution in [0.25, 0.3) is 11.1 Å². The van der Waals surface area contributed by atoms with Gasteiger partial charge in [0.2, 0.25) is 6.41 Å². The van der Waals surface area contributed by atoms with Crippen molar-refractivity contribution in [3.63, 3.8) is 0 Å². The van der Waals surface area contributed by atoms with Gasteiger partial charge in [-0.3, -0.25) is 23.9 Å². The highest BCUT2D eigenvalue weighted by Crippen LogP contribution is 2.33. The number of oxazole rings is 1. The fourth-order valence-corrected chi connectivity index (χ4v) is 8.79. The lowest BCUT2D eigenvalue weighted by atomic mass is 9.78. The second-order valence-corrected chi connectivity index (χ2v) is 15.2. The number of carboxylic acid groups (broad SMARTS) is 1. The van der Waals surface area contributed by atoms with E-state index in [2.05, 4.69) is 11.4 Å². The van der Waals surface area contributed by atoms with Gasteiger partial charge in [0.1, 0.15) is 0 Å². The third-order valence-corrected chi connectivity index (χ3v) is 11.8. The summed E-state index contributed by atoms with van der Waals surface area (Å²) in [6.07, 6.45) is 4.91. The van der Waals surface area contributed by atoms with Crippen LogP contribution in [0.4, 0.5) is 10.5 Å². The van der Waals surface area contributed by atoms with E-state index >= 15 is 0 Å². The SMILES string of the molecule is CNc1ccccc1CCN(C=O)C1CCN(C(=O)O[C@H](Cc2cc(C)c3c(c2)oc(=O)n3C)C(=O)N2CCC(C3CCN(CC(=O)O)CC3)CC2)CC1. The van der Waals surface area contributed by atoms with Gasteiger partial charge in [-0.05, 0) is 106 Å². The Kier molecular flexibility index (Phi) is 12.6. The zero-order valence-corrected chi connectivity index (χ0v) is 31.7. The Balaban J connectivity index is 1.09. The molecule has 0 aliphatic carbocycles. The summed E-state index contributed by atoms with van der Waals surface area (Å²) in [5, 5.41) is 12.4. The number of nitrogens with zero attached hydrogens (tertiary/aromatic N) is 5. The van der Waals surface area contributed by atoms with Crippen LogP contribution < -0.4 is 11.1 Å². The highest BCUT2D eigenvalue weighted by atomic mass is 16.6. The summed E-state index contributed by atoms with van der Waals surface area (Å²) in [5.41, 5.74) is 4.81. The summed E-state index contributed by atoms with van der Waals surface area (Å²) in [6.45, 7) is 5.99. The number of benzene rings is 2. The second-order valence-electron chi connectivity index (χ2n) is 15.2. The highest BCUT2D eigenvalue weighted by molar-refractivity contribution is 5.84. The number of carbonyl (C=O) groups is 4. The minimum atomic E-state index is -1.07. The minimum Gasteiger partial charge on any atom is -0.480 e. The van der Waals surface area contributed by atoms with Crippen molar-refractivity contribution in [2.45, 2.75) is 70.4 Å². The van der Waals surface area contributed by atoms with Crippen LogP contribution in [0.1, 0.15) is 55.2 Å². The van der Waals surface area contributed by atoms with Gasteiger partial charge in [0.05, 0.1) is 12.1 Å². The van der Waals surface area contributed by atoms with E-state index in [9.17, 15) is 24.0 Å². The lowest BCUT2D eigenvalue weighted by Gasteiger charge is -2.40. The number of rotatable bonds is 13. The van der Waals surface area contributed by atoms with E-state index < -0.39 is 23.9 Å². The van der Waals surface area contributed by atoms with Crippen LogP contribution in [0.5, 0.6) is 0 Å². The number of para-hydroxylation sites is 1. The van der Waals surface area contributed by atoms with Gasteiger partial charge in [-0.1, -0.05) is 24.3 Å². The van der Waals surface area contributed by atoms with Crippen LogP contribution in [0.2, 0.25) is 0 Å². The third-order valence-electron chi connectivity index (χ3n) is 11.8. The van der Waals surface area contributed by atoms with Gasteiger partial charge in [0.15, 0.2) is 11.7 Å². The minimum absolute atomic E-state index is 0.00772. The number of aliphatic carboxylic acids is 1. The number of hydrogen-bond acceptors (Lipinski definition) is 9. The average molecular weight is 747 g/mol. The number of carbonyl (C=O) groups excluding carboxylic acids is 3. The molecular formula is C40H54N6O8. The maximum absolute atomic E-state index is 14.2. The van der Waals surface area contributed by atoms with E-state index in [1.807, 2.05) is 52.9 Å². The van der Waals surface area contributed by atoms with E-state index in [0.717, 1.165) is 67.6 Å². The van der Waals surface area contributed by atoms with Crippen molar-refractivity contribution in [3.8, 4) is 0 Å². The van der Waals surface area contributed by atoms with Crippen LogP contribution in [0.15, 0.2) is 45.6 Å². The fraction of sp³-hybridized carbons (Fsp3) is 0.575. The molecule has 6 rings (SSSR count). The van der Waals surface area contributed by atoms with Gasteiger partial charge in [-0.2, -0.15) is 0 Å². The summed E-state index contributed by atoms with van der Waals surface area (Å²) >= 11 is 0. The van der Waals surface area contributed by atoms with Crippen molar-refractivity contribution in [1.82, 2.24) is 24.2 Å². The quantitative estimate of drug-likeness (QED) is 0.247. The number of piperidine rings is 3. The average Bonchev–Trinajstić information content (AvgIpc) is 3.47. The predicted octanol–water partition coefficient (Wildman–Crippen LogP) is 3.73. The molecule has 3 aromatic rings. The van der Waals surface area contributed by atoms with Crippen molar-refractivity contribution < 1.29 is 33.4 Å². The second kappa shape index (κ2) is 17.5. The molecule has 2 N–H and O–H groups in total. The zero-order valence-electron chi connectivity index (χ0n) is 31.7. The first kappa shape index (κ1) is 38.9. The van der Waals surface area contributed by atoms with Gasteiger partial charge in [-0.25, -0.2) is 9.59 Å². The molecule has 0 spiro atoms. The van der Waals surface area contributed by atoms with Crippen LogP contribution in [-0.4, -0.2) is 125 Å². The molecule has 2 aromatic carbocycles. The van der Waals surface area contributed by atoms with Crippen molar-refractivity contribution in [1.29, 1.82) is 0 Å². The summed E-state index contributed by atoms with van der Waals surface area (Å²) in [4.78, 5) is 70.8. The molecule has 0 bridgehead atoms. The molecule has 292 valence electrons. The topological polar surface area (TPSA) is 158 Å². The zero-order chi connectivity index (χ0) is 38.4. The Hall–Kier alpha value is -4.85. The van der Waals surface area contributed by atoms with E-state index in [-0.39, 0.29) is 24.9 Å². The Labute approximate surface area is 316 Å². The number of amides is 3. The van der Waals surface area contributed by atoms with Crippen molar-refractivity contribution in [2.24, 2.45) is 18.9 Å².